The van der Waals surface area contributed by atoms with Crippen molar-refractivity contribution in [3.8, 4) is 17.1 Å². The number of amides is 1. The van der Waals surface area contributed by atoms with Crippen LogP contribution in [0, 0.1) is 5.92 Å². The fourth-order valence-electron chi connectivity index (χ4n) is 3.65. The second-order valence-corrected chi connectivity index (χ2v) is 6.79. The highest BCUT2D eigenvalue weighted by Gasteiger charge is 2.35. The van der Waals surface area contributed by atoms with Crippen LogP contribution in [0.2, 0.25) is 0 Å². The summed E-state index contributed by atoms with van der Waals surface area (Å²) in [6.07, 6.45) is 6.12. The standard InChI is InChI=1S/C19H22N4O2/c1-13(24)22-16-4-2-14(3-5-16)17-10-21-19(11-20-17)25-18-12-23-8-6-15(18)7-9-23/h2-5,10-11,15,18H,6-9,12H2,1H3,(H,22,24). The largest absolute Gasteiger partial charge is 0.472 e. The molecule has 1 amide bonds. The Morgan fingerprint density at radius 2 is 1.92 bits per heavy atom. The summed E-state index contributed by atoms with van der Waals surface area (Å²) in [5, 5.41) is 2.75. The van der Waals surface area contributed by atoms with Crippen molar-refractivity contribution in [2.24, 2.45) is 5.92 Å². The molecule has 25 heavy (non-hydrogen) atoms. The predicted molar refractivity (Wildman–Crippen MR) is 95.4 cm³/mol. The van der Waals surface area contributed by atoms with Crippen molar-refractivity contribution in [3.63, 3.8) is 0 Å². The average Bonchev–Trinajstić information content (AvgIpc) is 2.64. The van der Waals surface area contributed by atoms with Crippen molar-refractivity contribution in [3.05, 3.63) is 36.7 Å². The van der Waals surface area contributed by atoms with Crippen LogP contribution in [-0.4, -0.2) is 46.5 Å². The Hall–Kier alpha value is -2.47. The number of hydrogen-bond acceptors (Lipinski definition) is 5. The SMILES string of the molecule is CC(=O)Nc1ccc(-c2cnc(OC3CN4CCC3CC4)cn2)cc1. The van der Waals surface area contributed by atoms with E-state index in [1.807, 2.05) is 24.3 Å². The molecule has 130 valence electrons. The molecule has 0 aliphatic carbocycles. The average molecular weight is 338 g/mol. The molecule has 3 aliphatic rings. The van der Waals surface area contributed by atoms with E-state index < -0.39 is 0 Å². The monoisotopic (exact) mass is 338 g/mol. The molecule has 6 heteroatoms. The molecule has 0 saturated carbocycles. The maximum Gasteiger partial charge on any atom is 0.232 e. The number of fused-ring (bicyclic) bond motifs is 3. The number of ether oxygens (including phenoxy) is 1. The van der Waals surface area contributed by atoms with Crippen LogP contribution in [0.15, 0.2) is 36.7 Å². The minimum absolute atomic E-state index is 0.0817. The lowest BCUT2D eigenvalue weighted by molar-refractivity contribution is -0.114. The molecular formula is C19H22N4O2. The molecule has 2 bridgehead atoms. The highest BCUT2D eigenvalue weighted by molar-refractivity contribution is 5.88. The molecule has 3 aliphatic heterocycles. The molecule has 1 aromatic heterocycles. The van der Waals surface area contributed by atoms with Gasteiger partial charge in [-0.15, -0.1) is 0 Å². The number of benzene rings is 1. The van der Waals surface area contributed by atoms with Crippen molar-refractivity contribution in [1.82, 2.24) is 14.9 Å². The van der Waals surface area contributed by atoms with E-state index in [1.165, 1.54) is 32.9 Å². The van der Waals surface area contributed by atoms with Gasteiger partial charge in [-0.3, -0.25) is 9.69 Å². The van der Waals surface area contributed by atoms with Gasteiger partial charge in [0.25, 0.3) is 0 Å². The quantitative estimate of drug-likeness (QED) is 0.928. The Kier molecular flexibility index (Phi) is 4.36. The zero-order chi connectivity index (χ0) is 17.2. The van der Waals surface area contributed by atoms with Crippen molar-refractivity contribution in [2.45, 2.75) is 25.9 Å². The summed E-state index contributed by atoms with van der Waals surface area (Å²) in [6.45, 7) is 4.89. The van der Waals surface area contributed by atoms with Crippen LogP contribution in [0.1, 0.15) is 19.8 Å². The number of nitrogens with one attached hydrogen (secondary N) is 1. The van der Waals surface area contributed by atoms with Crippen LogP contribution < -0.4 is 10.1 Å². The Bertz CT molecular complexity index is 737. The number of carbonyl (C=O) groups excluding carboxylic acids is 1. The van der Waals surface area contributed by atoms with Crippen LogP contribution in [-0.2, 0) is 4.79 Å². The Labute approximate surface area is 147 Å². The maximum absolute atomic E-state index is 11.1. The first kappa shape index (κ1) is 16.0. The third-order valence-electron chi connectivity index (χ3n) is 5.00. The molecule has 6 nitrogen and oxygen atoms in total. The van der Waals surface area contributed by atoms with E-state index in [-0.39, 0.29) is 12.0 Å². The summed E-state index contributed by atoms with van der Waals surface area (Å²) in [6, 6.07) is 7.55. The summed E-state index contributed by atoms with van der Waals surface area (Å²) in [5.41, 5.74) is 2.51. The van der Waals surface area contributed by atoms with E-state index in [0.717, 1.165) is 23.5 Å². The molecule has 1 unspecified atom stereocenters. The fourth-order valence-corrected chi connectivity index (χ4v) is 3.65. The van der Waals surface area contributed by atoms with Crippen LogP contribution in [0.3, 0.4) is 0 Å². The molecular weight excluding hydrogens is 316 g/mol. The summed E-state index contributed by atoms with van der Waals surface area (Å²) >= 11 is 0. The highest BCUT2D eigenvalue weighted by atomic mass is 16.5. The third kappa shape index (κ3) is 3.64. The zero-order valence-corrected chi connectivity index (χ0v) is 14.3. The Morgan fingerprint density at radius 1 is 1.16 bits per heavy atom. The smallest absolute Gasteiger partial charge is 0.232 e. The Balaban J connectivity index is 1.42. The highest BCUT2D eigenvalue weighted by Crippen LogP contribution is 2.30. The molecule has 4 heterocycles. The van der Waals surface area contributed by atoms with Crippen molar-refractivity contribution < 1.29 is 9.53 Å². The lowest BCUT2D eigenvalue weighted by Crippen LogP contribution is -2.52. The normalized spacial score (nSPS) is 24.8. The predicted octanol–water partition coefficient (Wildman–Crippen LogP) is 2.58. The van der Waals surface area contributed by atoms with E-state index in [0.29, 0.717) is 11.8 Å². The molecule has 0 radical (unpaired) electrons. The summed E-state index contributed by atoms with van der Waals surface area (Å²) < 4.78 is 6.08. The van der Waals surface area contributed by atoms with E-state index in [4.69, 9.17) is 4.74 Å². The van der Waals surface area contributed by atoms with Gasteiger partial charge in [0.05, 0.1) is 18.1 Å². The summed E-state index contributed by atoms with van der Waals surface area (Å²) in [7, 11) is 0. The van der Waals surface area contributed by atoms with Gasteiger partial charge < -0.3 is 10.1 Å². The first-order chi connectivity index (χ1) is 12.2. The lowest BCUT2D eigenvalue weighted by atomic mass is 9.86. The van der Waals surface area contributed by atoms with E-state index in [2.05, 4.69) is 20.2 Å². The first-order valence-corrected chi connectivity index (χ1v) is 8.76. The first-order valence-electron chi connectivity index (χ1n) is 8.76. The number of carbonyl (C=O) groups is 1. The summed E-state index contributed by atoms with van der Waals surface area (Å²) in [5.74, 6) is 1.16. The van der Waals surface area contributed by atoms with Crippen LogP contribution in [0.4, 0.5) is 5.69 Å². The number of anilines is 1. The van der Waals surface area contributed by atoms with Gasteiger partial charge in [0.2, 0.25) is 11.8 Å². The lowest BCUT2D eigenvalue weighted by Gasteiger charge is -2.44. The topological polar surface area (TPSA) is 67.3 Å². The molecule has 0 spiro atoms. The van der Waals surface area contributed by atoms with Crippen molar-refractivity contribution in [2.75, 3.05) is 25.0 Å². The van der Waals surface area contributed by atoms with Crippen molar-refractivity contribution >= 4 is 11.6 Å². The summed E-state index contributed by atoms with van der Waals surface area (Å²) in [4.78, 5) is 22.4. The number of hydrogen-bond donors (Lipinski definition) is 1. The molecule has 2 aromatic rings. The van der Waals surface area contributed by atoms with Gasteiger partial charge in [-0.25, -0.2) is 9.97 Å². The second-order valence-electron chi connectivity index (χ2n) is 6.79. The van der Waals surface area contributed by atoms with Crippen LogP contribution in [0.25, 0.3) is 11.3 Å². The van der Waals surface area contributed by atoms with Gasteiger partial charge in [0.15, 0.2) is 0 Å². The minimum Gasteiger partial charge on any atom is -0.472 e. The van der Waals surface area contributed by atoms with Crippen LogP contribution in [0.5, 0.6) is 5.88 Å². The van der Waals surface area contributed by atoms with Gasteiger partial charge in [-0.05, 0) is 44.0 Å². The molecule has 3 saturated heterocycles. The maximum atomic E-state index is 11.1. The van der Waals surface area contributed by atoms with Crippen LogP contribution >= 0.6 is 0 Å². The van der Waals surface area contributed by atoms with E-state index in [1.54, 1.807) is 12.4 Å². The van der Waals surface area contributed by atoms with Gasteiger partial charge in [-0.1, -0.05) is 12.1 Å². The zero-order valence-electron chi connectivity index (χ0n) is 14.3. The molecule has 1 atom stereocenters. The van der Waals surface area contributed by atoms with E-state index >= 15 is 0 Å². The molecule has 5 rings (SSSR count). The van der Waals surface area contributed by atoms with Gasteiger partial charge in [0.1, 0.15) is 6.10 Å². The third-order valence-corrected chi connectivity index (χ3v) is 5.00. The van der Waals surface area contributed by atoms with Crippen molar-refractivity contribution in [1.29, 1.82) is 0 Å². The number of rotatable bonds is 4. The van der Waals surface area contributed by atoms with Gasteiger partial charge in [0, 0.05) is 24.7 Å². The van der Waals surface area contributed by atoms with E-state index in [9.17, 15) is 4.79 Å². The Morgan fingerprint density at radius 3 is 2.48 bits per heavy atom. The molecule has 1 N–H and O–H groups in total. The van der Waals surface area contributed by atoms with Gasteiger partial charge >= 0.3 is 0 Å². The molecule has 1 aromatic carbocycles. The number of aromatic nitrogens is 2. The number of nitrogens with zero attached hydrogens (tertiary/aromatic N) is 3. The van der Waals surface area contributed by atoms with Gasteiger partial charge in [-0.2, -0.15) is 0 Å². The number of piperidine rings is 3. The fraction of sp³-hybridized carbons (Fsp3) is 0.421. The molecule has 3 fully saturated rings. The minimum atomic E-state index is -0.0817. The second kappa shape index (κ2) is 6.80.